The summed E-state index contributed by atoms with van der Waals surface area (Å²) in [7, 11) is -1.90. The number of sulfonamides is 1. The number of hydrogen-bond acceptors (Lipinski definition) is 4. The zero-order valence-corrected chi connectivity index (χ0v) is 18.3. The quantitative estimate of drug-likeness (QED) is 0.748. The summed E-state index contributed by atoms with van der Waals surface area (Å²) in [4.78, 5) is 15.2. The molecule has 0 unspecified atom stereocenters. The third kappa shape index (κ3) is 3.89. The second kappa shape index (κ2) is 8.49. The van der Waals surface area contributed by atoms with Crippen molar-refractivity contribution in [1.82, 2.24) is 4.31 Å². The number of ether oxygens (including phenoxy) is 1. The van der Waals surface area contributed by atoms with Crippen molar-refractivity contribution >= 4 is 21.6 Å². The smallest absolute Gasteiger partial charge is 0.258 e. The van der Waals surface area contributed by atoms with Crippen LogP contribution in [0.1, 0.15) is 42.1 Å². The topological polar surface area (TPSA) is 66.9 Å². The Labute approximate surface area is 178 Å². The molecule has 7 heteroatoms. The molecule has 2 atom stereocenters. The number of para-hydroxylation sites is 1. The van der Waals surface area contributed by atoms with Crippen molar-refractivity contribution in [3.63, 3.8) is 0 Å². The van der Waals surface area contributed by atoms with Gasteiger partial charge in [0, 0.05) is 37.4 Å². The number of carbonyl (C=O) groups is 1. The van der Waals surface area contributed by atoms with Gasteiger partial charge in [0.05, 0.1) is 17.5 Å². The molecule has 0 spiro atoms. The Bertz CT molecular complexity index is 1020. The van der Waals surface area contributed by atoms with E-state index in [9.17, 15) is 13.2 Å². The Morgan fingerprint density at radius 1 is 1.07 bits per heavy atom. The summed E-state index contributed by atoms with van der Waals surface area (Å²) in [5, 5.41) is 0. The molecule has 6 nitrogen and oxygen atoms in total. The van der Waals surface area contributed by atoms with Crippen LogP contribution in [-0.2, 0) is 21.2 Å². The zero-order chi connectivity index (χ0) is 21.3. The number of anilines is 1. The molecule has 0 bridgehead atoms. The van der Waals surface area contributed by atoms with Crippen molar-refractivity contribution in [2.24, 2.45) is 0 Å². The fraction of sp³-hybridized carbons (Fsp3) is 0.435. The van der Waals surface area contributed by atoms with Crippen LogP contribution in [0.3, 0.4) is 0 Å². The number of methoxy groups -OCH3 is 1. The van der Waals surface area contributed by atoms with Crippen LogP contribution in [0.4, 0.5) is 5.69 Å². The molecule has 30 heavy (non-hydrogen) atoms. The van der Waals surface area contributed by atoms with E-state index in [1.165, 1.54) is 0 Å². The van der Waals surface area contributed by atoms with Gasteiger partial charge in [0.15, 0.2) is 0 Å². The van der Waals surface area contributed by atoms with E-state index < -0.39 is 10.0 Å². The van der Waals surface area contributed by atoms with Crippen LogP contribution in [0.25, 0.3) is 0 Å². The minimum atomic E-state index is -3.55. The summed E-state index contributed by atoms with van der Waals surface area (Å²) in [5.41, 5.74) is 2.42. The highest BCUT2D eigenvalue weighted by Gasteiger charge is 2.32. The first-order valence-corrected chi connectivity index (χ1v) is 11.9. The molecule has 0 N–H and O–H groups in total. The molecule has 2 aliphatic rings. The lowest BCUT2D eigenvalue weighted by Gasteiger charge is -2.34. The second-order valence-corrected chi connectivity index (χ2v) is 9.98. The van der Waals surface area contributed by atoms with Gasteiger partial charge in [-0.15, -0.1) is 0 Å². The number of benzene rings is 2. The lowest BCUT2D eigenvalue weighted by molar-refractivity contribution is 0.0870. The highest BCUT2D eigenvalue weighted by Crippen LogP contribution is 2.30. The van der Waals surface area contributed by atoms with Gasteiger partial charge in [-0.25, -0.2) is 8.42 Å². The van der Waals surface area contributed by atoms with Gasteiger partial charge >= 0.3 is 0 Å². The van der Waals surface area contributed by atoms with Crippen LogP contribution in [-0.4, -0.2) is 51.0 Å². The van der Waals surface area contributed by atoms with Crippen molar-refractivity contribution in [3.8, 4) is 0 Å². The molecule has 160 valence electrons. The third-order valence-corrected chi connectivity index (χ3v) is 8.17. The highest BCUT2D eigenvalue weighted by atomic mass is 32.2. The molecular formula is C23H28N2O4S. The predicted molar refractivity (Wildman–Crippen MR) is 116 cm³/mol. The van der Waals surface area contributed by atoms with E-state index >= 15 is 0 Å². The molecule has 0 radical (unpaired) electrons. The third-order valence-electron chi connectivity index (χ3n) is 6.14. The summed E-state index contributed by atoms with van der Waals surface area (Å²) < 4.78 is 33.2. The molecule has 1 amide bonds. The van der Waals surface area contributed by atoms with Crippen molar-refractivity contribution in [2.75, 3.05) is 25.1 Å². The van der Waals surface area contributed by atoms with Gasteiger partial charge in [0.2, 0.25) is 10.0 Å². The molecule has 0 saturated carbocycles. The maximum Gasteiger partial charge on any atom is 0.258 e. The molecule has 0 aliphatic carbocycles. The molecular weight excluding hydrogens is 400 g/mol. The van der Waals surface area contributed by atoms with Crippen molar-refractivity contribution < 1.29 is 17.9 Å². The summed E-state index contributed by atoms with van der Waals surface area (Å²) in [6, 6.07) is 14.2. The molecule has 1 saturated heterocycles. The van der Waals surface area contributed by atoms with Crippen molar-refractivity contribution in [2.45, 2.75) is 49.6 Å². The summed E-state index contributed by atoms with van der Waals surface area (Å²) in [5.74, 6) is -0.153. The van der Waals surface area contributed by atoms with E-state index in [1.807, 2.05) is 31.2 Å². The SMILES string of the molecule is CO[C@@H]1Cc2ccccc2N(C(=O)c2ccc(S(=O)(=O)N3CCCC[C@H]3C)cc2)C1. The predicted octanol–water partition coefficient (Wildman–Crippen LogP) is 3.47. The van der Waals surface area contributed by atoms with Gasteiger partial charge in [-0.1, -0.05) is 24.6 Å². The number of carbonyl (C=O) groups excluding carboxylic acids is 1. The average molecular weight is 429 g/mol. The summed E-state index contributed by atoms with van der Waals surface area (Å²) in [6.45, 7) is 2.97. The number of rotatable bonds is 4. The summed E-state index contributed by atoms with van der Waals surface area (Å²) in [6.07, 6.45) is 3.52. The Balaban J connectivity index is 1.59. The van der Waals surface area contributed by atoms with Gasteiger partial charge in [0.25, 0.3) is 5.91 Å². The maximum absolute atomic E-state index is 13.2. The lowest BCUT2D eigenvalue weighted by atomic mass is 9.98. The minimum absolute atomic E-state index is 0.000822. The highest BCUT2D eigenvalue weighted by molar-refractivity contribution is 7.89. The molecule has 0 aromatic heterocycles. The van der Waals surface area contributed by atoms with Crippen LogP contribution in [0.5, 0.6) is 0 Å². The normalized spacial score (nSPS) is 22.5. The largest absolute Gasteiger partial charge is 0.379 e. The monoisotopic (exact) mass is 428 g/mol. The number of amides is 1. The Morgan fingerprint density at radius 2 is 1.80 bits per heavy atom. The van der Waals surface area contributed by atoms with Gasteiger partial charge in [-0.2, -0.15) is 4.31 Å². The molecule has 2 heterocycles. The van der Waals surface area contributed by atoms with Crippen LogP contribution in [0.2, 0.25) is 0 Å². The Kier molecular flexibility index (Phi) is 5.95. The van der Waals surface area contributed by atoms with Gasteiger partial charge in [-0.3, -0.25) is 4.79 Å². The van der Waals surface area contributed by atoms with Crippen LogP contribution >= 0.6 is 0 Å². The van der Waals surface area contributed by atoms with E-state index in [2.05, 4.69) is 0 Å². The molecule has 2 aliphatic heterocycles. The zero-order valence-electron chi connectivity index (χ0n) is 17.5. The lowest BCUT2D eigenvalue weighted by Crippen LogP contribution is -2.43. The molecule has 2 aromatic rings. The van der Waals surface area contributed by atoms with E-state index in [-0.39, 0.29) is 22.9 Å². The van der Waals surface area contributed by atoms with Crippen LogP contribution in [0, 0.1) is 0 Å². The van der Waals surface area contributed by atoms with E-state index in [0.717, 1.165) is 36.9 Å². The Hall–Kier alpha value is -2.22. The molecule has 4 rings (SSSR count). The molecule has 2 aromatic carbocycles. The fourth-order valence-corrected chi connectivity index (χ4v) is 6.10. The standard InChI is InChI=1S/C23H28N2O4S/c1-17-7-5-6-14-25(17)30(27,28)21-12-10-18(11-13-21)23(26)24-16-20(29-2)15-19-8-3-4-9-22(19)24/h3-4,8-13,17,20H,5-7,14-16H2,1-2H3/t17-,20-/m1/s1. The van der Waals surface area contributed by atoms with Crippen molar-refractivity contribution in [3.05, 3.63) is 59.7 Å². The van der Waals surface area contributed by atoms with E-state index in [4.69, 9.17) is 4.74 Å². The van der Waals surface area contributed by atoms with Crippen LogP contribution in [0.15, 0.2) is 53.4 Å². The van der Waals surface area contributed by atoms with Gasteiger partial charge in [0.1, 0.15) is 0 Å². The Morgan fingerprint density at radius 3 is 2.50 bits per heavy atom. The van der Waals surface area contributed by atoms with Gasteiger partial charge < -0.3 is 9.64 Å². The molecule has 1 fully saturated rings. The number of fused-ring (bicyclic) bond motifs is 1. The number of piperidine rings is 1. The number of nitrogens with zero attached hydrogens (tertiary/aromatic N) is 2. The van der Waals surface area contributed by atoms with Crippen molar-refractivity contribution in [1.29, 1.82) is 0 Å². The van der Waals surface area contributed by atoms with E-state index in [0.29, 0.717) is 18.7 Å². The average Bonchev–Trinajstić information content (AvgIpc) is 2.78. The first-order valence-electron chi connectivity index (χ1n) is 10.5. The first kappa shape index (κ1) is 21.0. The van der Waals surface area contributed by atoms with Crippen LogP contribution < -0.4 is 4.90 Å². The fourth-order valence-electron chi connectivity index (χ4n) is 4.40. The number of hydrogen-bond donors (Lipinski definition) is 0. The first-order chi connectivity index (χ1) is 14.4. The van der Waals surface area contributed by atoms with Gasteiger partial charge in [-0.05, 0) is 55.7 Å². The second-order valence-electron chi connectivity index (χ2n) is 8.09. The minimum Gasteiger partial charge on any atom is -0.379 e. The maximum atomic E-state index is 13.2. The summed E-state index contributed by atoms with van der Waals surface area (Å²) >= 11 is 0. The van der Waals surface area contributed by atoms with E-state index in [1.54, 1.807) is 40.6 Å².